The Hall–Kier alpha value is -1.53. The highest BCUT2D eigenvalue weighted by Crippen LogP contribution is 2.45. The van der Waals surface area contributed by atoms with Gasteiger partial charge in [-0.15, -0.1) is 0 Å². The molecule has 3 rings (SSSR count). The second-order valence-electron chi connectivity index (χ2n) is 9.95. The average molecular weight is 382 g/mol. The molecule has 28 heavy (non-hydrogen) atoms. The van der Waals surface area contributed by atoms with Gasteiger partial charge in [0, 0.05) is 31.9 Å². The van der Waals surface area contributed by atoms with Crippen molar-refractivity contribution in [3.05, 3.63) is 35.2 Å². The zero-order chi connectivity index (χ0) is 20.1. The van der Waals surface area contributed by atoms with Crippen LogP contribution in [-0.2, 0) is 0 Å². The van der Waals surface area contributed by atoms with Gasteiger partial charge < -0.3 is 4.90 Å². The molecule has 154 valence electrons. The molecule has 1 heterocycles. The molecular formula is C25H39N3. The van der Waals surface area contributed by atoms with Gasteiger partial charge in [0.15, 0.2) is 5.69 Å². The smallest absolute Gasteiger partial charge is 0.189 e. The SMILES string of the molecule is [C-]#[N+]c1ccc(C2CCC(C(C)(C)C)CC2)c(N2CCN(CCCC)CC2)c1. The molecule has 3 nitrogen and oxygen atoms in total. The summed E-state index contributed by atoms with van der Waals surface area (Å²) in [7, 11) is 0. The van der Waals surface area contributed by atoms with Gasteiger partial charge in [0.25, 0.3) is 0 Å². The van der Waals surface area contributed by atoms with Crippen LogP contribution in [0.2, 0.25) is 0 Å². The van der Waals surface area contributed by atoms with Gasteiger partial charge in [-0.3, -0.25) is 4.90 Å². The molecule has 0 spiro atoms. The molecule has 2 fully saturated rings. The lowest BCUT2D eigenvalue weighted by Gasteiger charge is -2.40. The predicted octanol–water partition coefficient (Wildman–Crippen LogP) is 6.48. The Labute approximate surface area is 172 Å². The Kier molecular flexibility index (Phi) is 7.05. The minimum absolute atomic E-state index is 0.427. The quantitative estimate of drug-likeness (QED) is 0.541. The third-order valence-electron chi connectivity index (χ3n) is 7.08. The predicted molar refractivity (Wildman–Crippen MR) is 120 cm³/mol. The molecule has 0 amide bonds. The van der Waals surface area contributed by atoms with Gasteiger partial charge in [-0.1, -0.05) is 46.2 Å². The Morgan fingerprint density at radius 1 is 1.04 bits per heavy atom. The van der Waals surface area contributed by atoms with Gasteiger partial charge in [0.05, 0.1) is 6.57 Å². The average Bonchev–Trinajstić information content (AvgIpc) is 2.71. The monoisotopic (exact) mass is 381 g/mol. The van der Waals surface area contributed by atoms with E-state index in [4.69, 9.17) is 6.57 Å². The maximum atomic E-state index is 7.47. The zero-order valence-corrected chi connectivity index (χ0v) is 18.5. The van der Waals surface area contributed by atoms with Crippen molar-refractivity contribution in [3.8, 4) is 0 Å². The van der Waals surface area contributed by atoms with E-state index in [0.29, 0.717) is 11.3 Å². The van der Waals surface area contributed by atoms with E-state index < -0.39 is 0 Å². The number of anilines is 1. The van der Waals surface area contributed by atoms with Gasteiger partial charge in [0.1, 0.15) is 0 Å². The zero-order valence-electron chi connectivity index (χ0n) is 18.5. The van der Waals surface area contributed by atoms with E-state index in [-0.39, 0.29) is 0 Å². The molecule has 0 bridgehead atoms. The summed E-state index contributed by atoms with van der Waals surface area (Å²) in [5.41, 5.74) is 4.07. The first-order valence-electron chi connectivity index (χ1n) is 11.4. The van der Waals surface area contributed by atoms with E-state index in [1.54, 1.807) is 0 Å². The summed E-state index contributed by atoms with van der Waals surface area (Å²) in [5.74, 6) is 1.50. The molecule has 3 heteroatoms. The first-order valence-corrected chi connectivity index (χ1v) is 11.4. The molecule has 0 N–H and O–H groups in total. The van der Waals surface area contributed by atoms with Crippen molar-refractivity contribution in [1.82, 2.24) is 4.90 Å². The molecule has 1 aliphatic carbocycles. The first-order chi connectivity index (χ1) is 13.4. The van der Waals surface area contributed by atoms with Crippen molar-refractivity contribution < 1.29 is 0 Å². The highest BCUT2D eigenvalue weighted by molar-refractivity contribution is 5.64. The molecule has 1 aromatic carbocycles. The summed E-state index contributed by atoms with van der Waals surface area (Å²) >= 11 is 0. The fraction of sp³-hybridized carbons (Fsp3) is 0.720. The van der Waals surface area contributed by atoms with Crippen LogP contribution in [0, 0.1) is 17.9 Å². The summed E-state index contributed by atoms with van der Waals surface area (Å²) in [6, 6.07) is 6.48. The number of piperazine rings is 1. The Bertz CT molecular complexity index is 666. The maximum Gasteiger partial charge on any atom is 0.189 e. The topological polar surface area (TPSA) is 10.8 Å². The van der Waals surface area contributed by atoms with Gasteiger partial charge in [0.2, 0.25) is 0 Å². The number of hydrogen-bond donors (Lipinski definition) is 0. The van der Waals surface area contributed by atoms with E-state index in [0.717, 1.165) is 37.8 Å². The minimum atomic E-state index is 0.427. The Morgan fingerprint density at radius 2 is 1.71 bits per heavy atom. The molecule has 1 aliphatic heterocycles. The summed E-state index contributed by atoms with van der Waals surface area (Å²) in [5, 5.41) is 0. The van der Waals surface area contributed by atoms with Crippen LogP contribution < -0.4 is 4.90 Å². The fourth-order valence-electron chi connectivity index (χ4n) is 5.09. The van der Waals surface area contributed by atoms with Crippen molar-refractivity contribution in [1.29, 1.82) is 0 Å². The molecule has 2 aliphatic rings. The van der Waals surface area contributed by atoms with E-state index in [1.807, 2.05) is 6.07 Å². The van der Waals surface area contributed by atoms with Gasteiger partial charge in [-0.05, 0) is 67.5 Å². The molecule has 0 atom stereocenters. The van der Waals surface area contributed by atoms with Gasteiger partial charge in [-0.2, -0.15) is 0 Å². The lowest BCUT2D eigenvalue weighted by molar-refractivity contribution is 0.169. The lowest BCUT2D eigenvalue weighted by Crippen LogP contribution is -2.47. The number of hydrogen-bond acceptors (Lipinski definition) is 2. The minimum Gasteiger partial charge on any atom is -0.370 e. The maximum absolute atomic E-state index is 7.47. The number of benzene rings is 1. The molecule has 1 saturated heterocycles. The number of nitrogens with zero attached hydrogens (tertiary/aromatic N) is 3. The largest absolute Gasteiger partial charge is 0.370 e. The highest BCUT2D eigenvalue weighted by Gasteiger charge is 2.31. The van der Waals surface area contributed by atoms with Crippen molar-refractivity contribution in [2.24, 2.45) is 11.3 Å². The van der Waals surface area contributed by atoms with Crippen molar-refractivity contribution in [2.45, 2.75) is 72.1 Å². The standard InChI is InChI=1S/C25H39N3/c1-6-7-14-27-15-17-28(18-16-27)24-19-22(26-5)12-13-23(24)20-8-10-21(11-9-20)25(2,3)4/h12-13,19-21H,6-11,14-18H2,1-4H3. The molecule has 0 unspecified atom stereocenters. The van der Waals surface area contributed by atoms with E-state index >= 15 is 0 Å². The highest BCUT2D eigenvalue weighted by atomic mass is 15.3. The van der Waals surface area contributed by atoms with Crippen molar-refractivity contribution in [2.75, 3.05) is 37.6 Å². The van der Waals surface area contributed by atoms with Crippen LogP contribution in [0.15, 0.2) is 18.2 Å². The van der Waals surface area contributed by atoms with Crippen LogP contribution in [0.3, 0.4) is 0 Å². The van der Waals surface area contributed by atoms with Crippen LogP contribution in [0.1, 0.15) is 77.7 Å². The molecule has 0 aromatic heterocycles. The van der Waals surface area contributed by atoms with Crippen molar-refractivity contribution in [3.63, 3.8) is 0 Å². The Balaban J connectivity index is 1.72. The van der Waals surface area contributed by atoms with E-state index in [1.165, 1.54) is 56.3 Å². The molecule has 1 aromatic rings. The van der Waals surface area contributed by atoms with Crippen LogP contribution in [0.25, 0.3) is 4.85 Å². The Morgan fingerprint density at radius 3 is 2.29 bits per heavy atom. The summed E-state index contributed by atoms with van der Waals surface area (Å²) in [4.78, 5) is 8.89. The van der Waals surface area contributed by atoms with Crippen LogP contribution in [-0.4, -0.2) is 37.6 Å². The normalized spacial score (nSPS) is 24.2. The van der Waals surface area contributed by atoms with Crippen LogP contribution >= 0.6 is 0 Å². The molecular weight excluding hydrogens is 342 g/mol. The second-order valence-corrected chi connectivity index (χ2v) is 9.95. The number of unbranched alkanes of at least 4 members (excludes halogenated alkanes) is 1. The third kappa shape index (κ3) is 5.09. The van der Waals surface area contributed by atoms with E-state index in [2.05, 4.69) is 54.5 Å². The summed E-state index contributed by atoms with van der Waals surface area (Å²) < 4.78 is 0. The van der Waals surface area contributed by atoms with Crippen LogP contribution in [0.4, 0.5) is 11.4 Å². The summed E-state index contributed by atoms with van der Waals surface area (Å²) in [6.07, 6.45) is 7.83. The lowest BCUT2D eigenvalue weighted by atomic mass is 9.68. The third-order valence-corrected chi connectivity index (χ3v) is 7.08. The van der Waals surface area contributed by atoms with Crippen LogP contribution in [0.5, 0.6) is 0 Å². The first kappa shape index (κ1) is 21.2. The van der Waals surface area contributed by atoms with Gasteiger partial charge in [-0.25, -0.2) is 4.85 Å². The van der Waals surface area contributed by atoms with E-state index in [9.17, 15) is 0 Å². The molecule has 0 radical (unpaired) electrons. The number of rotatable bonds is 5. The molecule has 1 saturated carbocycles. The fourth-order valence-corrected chi connectivity index (χ4v) is 5.09. The van der Waals surface area contributed by atoms with Crippen molar-refractivity contribution >= 4 is 11.4 Å². The van der Waals surface area contributed by atoms with Gasteiger partial charge >= 0.3 is 0 Å². The second kappa shape index (κ2) is 9.31. The summed E-state index contributed by atoms with van der Waals surface area (Å²) in [6.45, 7) is 22.6.